The molecule has 3 rings (SSSR count). The van der Waals surface area contributed by atoms with Gasteiger partial charge >= 0.3 is 12.0 Å². The summed E-state index contributed by atoms with van der Waals surface area (Å²) in [4.78, 5) is 55.8. The van der Waals surface area contributed by atoms with Gasteiger partial charge < -0.3 is 19.7 Å². The van der Waals surface area contributed by atoms with Crippen LogP contribution in [-0.4, -0.2) is 58.4 Å². The van der Waals surface area contributed by atoms with Crippen molar-refractivity contribution < 1.29 is 28.7 Å². The van der Waals surface area contributed by atoms with E-state index in [-0.39, 0.29) is 42.9 Å². The number of carboxylic acid groups (broad SMARTS) is 1. The van der Waals surface area contributed by atoms with Gasteiger partial charge in [0, 0.05) is 31.7 Å². The van der Waals surface area contributed by atoms with Crippen molar-refractivity contribution in [3.8, 4) is 0 Å². The van der Waals surface area contributed by atoms with Crippen LogP contribution in [-0.2, 0) is 11.2 Å². The van der Waals surface area contributed by atoms with Crippen LogP contribution < -0.4 is 10.2 Å². The fourth-order valence-corrected chi connectivity index (χ4v) is 3.84. The predicted octanol–water partition coefficient (Wildman–Crippen LogP) is 2.94. The first-order chi connectivity index (χ1) is 15.8. The number of nitrogens with zero attached hydrogens (tertiary/aromatic N) is 3. The van der Waals surface area contributed by atoms with E-state index in [1.165, 1.54) is 0 Å². The molecule has 1 aromatic heterocycles. The van der Waals surface area contributed by atoms with Gasteiger partial charge in [0.05, 0.1) is 0 Å². The zero-order valence-electron chi connectivity index (χ0n) is 18.7. The number of rotatable bonds is 8. The Kier molecular flexibility index (Phi) is 7.81. The molecule has 10 heteroatoms. The Morgan fingerprint density at radius 3 is 2.76 bits per heavy atom. The summed E-state index contributed by atoms with van der Waals surface area (Å²) < 4.78 is 5.28. The van der Waals surface area contributed by atoms with Crippen molar-refractivity contribution in [1.29, 1.82) is 0 Å². The van der Waals surface area contributed by atoms with Crippen molar-refractivity contribution in [2.75, 3.05) is 24.5 Å². The van der Waals surface area contributed by atoms with Crippen molar-refractivity contribution in [1.82, 2.24) is 15.2 Å². The van der Waals surface area contributed by atoms with E-state index in [1.807, 2.05) is 24.3 Å². The number of fused-ring (bicyclic) bond motifs is 1. The molecule has 1 aromatic carbocycles. The van der Waals surface area contributed by atoms with Gasteiger partial charge in [0.15, 0.2) is 5.69 Å². The normalized spacial score (nSPS) is 13.7. The number of hydrogen-bond donors (Lipinski definition) is 2. The molecule has 2 heterocycles. The molecular formula is C23H28N4O6. The van der Waals surface area contributed by atoms with Crippen LogP contribution in [0.4, 0.5) is 10.5 Å². The number of imide groups is 1. The van der Waals surface area contributed by atoms with E-state index in [9.17, 15) is 19.2 Å². The van der Waals surface area contributed by atoms with Gasteiger partial charge in [-0.2, -0.15) is 4.98 Å². The number of anilines is 1. The van der Waals surface area contributed by atoms with Gasteiger partial charge in [0.1, 0.15) is 6.26 Å². The van der Waals surface area contributed by atoms with Crippen molar-refractivity contribution in [3.63, 3.8) is 0 Å². The number of aromatic nitrogens is 1. The maximum absolute atomic E-state index is 13.0. The van der Waals surface area contributed by atoms with Crippen LogP contribution >= 0.6 is 0 Å². The van der Waals surface area contributed by atoms with Crippen molar-refractivity contribution in [3.05, 3.63) is 47.7 Å². The highest BCUT2D eigenvalue weighted by molar-refractivity contribution is 6.07. The molecule has 0 radical (unpaired) electrons. The molecule has 1 unspecified atom stereocenters. The summed E-state index contributed by atoms with van der Waals surface area (Å²) in [5.41, 5.74) is 1.90. The number of aryl methyl sites for hydroxylation is 1. The SMILES string of the molecule is CCN(C(=O)CC(C)CCNC(=O)O)C(=O)c1nc(C(=O)N2CCCc3ccccc32)co1. The number of para-hydroxylation sites is 1. The average Bonchev–Trinajstić information content (AvgIpc) is 3.28. The first-order valence-electron chi connectivity index (χ1n) is 11.0. The summed E-state index contributed by atoms with van der Waals surface area (Å²) in [6.07, 6.45) is 2.26. The maximum atomic E-state index is 13.0. The first-order valence-corrected chi connectivity index (χ1v) is 11.0. The second kappa shape index (κ2) is 10.8. The molecule has 4 amide bonds. The molecular weight excluding hydrogens is 428 g/mol. The fourth-order valence-electron chi connectivity index (χ4n) is 3.84. The topological polar surface area (TPSA) is 133 Å². The molecule has 0 fully saturated rings. The average molecular weight is 456 g/mol. The minimum absolute atomic E-state index is 0.00617. The molecule has 1 atom stereocenters. The van der Waals surface area contributed by atoms with Crippen LogP contribution in [0.25, 0.3) is 0 Å². The Balaban J connectivity index is 1.66. The summed E-state index contributed by atoms with van der Waals surface area (Å²) in [7, 11) is 0. The highest BCUT2D eigenvalue weighted by Crippen LogP contribution is 2.28. The van der Waals surface area contributed by atoms with E-state index in [1.54, 1.807) is 18.7 Å². The maximum Gasteiger partial charge on any atom is 0.404 e. The van der Waals surface area contributed by atoms with E-state index < -0.39 is 17.9 Å². The van der Waals surface area contributed by atoms with Gasteiger partial charge in [0.25, 0.3) is 11.8 Å². The van der Waals surface area contributed by atoms with Crippen LogP contribution in [0.5, 0.6) is 0 Å². The van der Waals surface area contributed by atoms with Crippen molar-refractivity contribution in [2.45, 2.75) is 39.5 Å². The fraction of sp³-hybridized carbons (Fsp3) is 0.435. The number of carbonyl (C=O) groups is 4. The number of hydrogen-bond acceptors (Lipinski definition) is 6. The standard InChI is InChI=1S/C23H28N4O6/c1-3-26(19(28)13-15(2)10-11-24-23(31)32)22(30)20-25-17(14-33-20)21(29)27-12-6-8-16-7-4-5-9-18(16)27/h4-5,7,9,14-15,24H,3,6,8,10-13H2,1-2H3,(H,31,32). The molecule has 2 aromatic rings. The number of nitrogens with one attached hydrogen (secondary N) is 1. The van der Waals surface area contributed by atoms with Crippen LogP contribution in [0.15, 0.2) is 34.9 Å². The third-order valence-electron chi connectivity index (χ3n) is 5.56. The van der Waals surface area contributed by atoms with E-state index in [0.717, 1.165) is 35.3 Å². The lowest BCUT2D eigenvalue weighted by Crippen LogP contribution is -2.38. The molecule has 176 valence electrons. The molecule has 2 N–H and O–H groups in total. The Morgan fingerprint density at radius 2 is 2.03 bits per heavy atom. The minimum Gasteiger partial charge on any atom is -0.465 e. The summed E-state index contributed by atoms with van der Waals surface area (Å²) in [6, 6.07) is 7.66. The smallest absolute Gasteiger partial charge is 0.404 e. The minimum atomic E-state index is -1.12. The van der Waals surface area contributed by atoms with Crippen molar-refractivity contribution in [2.24, 2.45) is 5.92 Å². The summed E-state index contributed by atoms with van der Waals surface area (Å²) in [5, 5.41) is 10.9. The number of amides is 4. The van der Waals surface area contributed by atoms with Crippen LogP contribution in [0.2, 0.25) is 0 Å². The molecule has 0 saturated carbocycles. The lowest BCUT2D eigenvalue weighted by Gasteiger charge is -2.28. The molecule has 10 nitrogen and oxygen atoms in total. The molecule has 0 saturated heterocycles. The number of oxazole rings is 1. The molecule has 1 aliphatic rings. The summed E-state index contributed by atoms with van der Waals surface area (Å²) in [6.45, 7) is 4.34. The predicted molar refractivity (Wildman–Crippen MR) is 119 cm³/mol. The zero-order valence-corrected chi connectivity index (χ0v) is 18.7. The monoisotopic (exact) mass is 456 g/mol. The van der Waals surface area contributed by atoms with Gasteiger partial charge in [0.2, 0.25) is 5.91 Å². The zero-order chi connectivity index (χ0) is 24.0. The second-order valence-corrected chi connectivity index (χ2v) is 8.00. The van der Waals surface area contributed by atoms with Crippen LogP contribution in [0.3, 0.4) is 0 Å². The molecule has 0 bridgehead atoms. The van der Waals surface area contributed by atoms with Crippen LogP contribution in [0.1, 0.15) is 59.8 Å². The third-order valence-corrected chi connectivity index (χ3v) is 5.56. The Bertz CT molecular complexity index is 1030. The van der Waals surface area contributed by atoms with Crippen LogP contribution in [0, 0.1) is 5.92 Å². The van der Waals surface area contributed by atoms with E-state index >= 15 is 0 Å². The third kappa shape index (κ3) is 5.76. The Morgan fingerprint density at radius 1 is 1.27 bits per heavy atom. The van der Waals surface area contributed by atoms with E-state index in [2.05, 4.69) is 10.3 Å². The van der Waals surface area contributed by atoms with E-state index in [0.29, 0.717) is 13.0 Å². The second-order valence-electron chi connectivity index (χ2n) is 8.00. The molecule has 1 aliphatic heterocycles. The molecule has 0 spiro atoms. The van der Waals surface area contributed by atoms with Gasteiger partial charge in [-0.25, -0.2) is 4.79 Å². The highest BCUT2D eigenvalue weighted by Gasteiger charge is 2.30. The summed E-state index contributed by atoms with van der Waals surface area (Å²) in [5.74, 6) is -1.94. The van der Waals surface area contributed by atoms with E-state index in [4.69, 9.17) is 9.52 Å². The van der Waals surface area contributed by atoms with Gasteiger partial charge in [-0.3, -0.25) is 19.3 Å². The van der Waals surface area contributed by atoms with Gasteiger partial charge in [-0.05, 0) is 43.7 Å². The molecule has 33 heavy (non-hydrogen) atoms. The number of benzene rings is 1. The quantitative estimate of drug-likeness (QED) is 0.624. The first kappa shape index (κ1) is 24.0. The van der Waals surface area contributed by atoms with Crippen molar-refractivity contribution >= 4 is 29.5 Å². The van der Waals surface area contributed by atoms with Gasteiger partial charge in [-0.1, -0.05) is 25.1 Å². The Hall–Kier alpha value is -3.69. The summed E-state index contributed by atoms with van der Waals surface area (Å²) >= 11 is 0. The largest absolute Gasteiger partial charge is 0.465 e. The lowest BCUT2D eigenvalue weighted by atomic mass is 10.0. The Labute approximate surface area is 191 Å². The number of carbonyl (C=O) groups excluding carboxylic acids is 3. The van der Waals surface area contributed by atoms with Gasteiger partial charge in [-0.15, -0.1) is 0 Å². The lowest BCUT2D eigenvalue weighted by molar-refractivity contribution is -0.129. The molecule has 0 aliphatic carbocycles. The highest BCUT2D eigenvalue weighted by atomic mass is 16.4.